The van der Waals surface area contributed by atoms with Crippen LogP contribution in [0.2, 0.25) is 5.02 Å². The Morgan fingerprint density at radius 2 is 2.18 bits per heavy atom. The van der Waals surface area contributed by atoms with Gasteiger partial charge in [-0.05, 0) is 12.1 Å². The van der Waals surface area contributed by atoms with Crippen LogP contribution in [0.4, 0.5) is 0 Å². The Morgan fingerprint density at radius 1 is 1.36 bits per heavy atom. The van der Waals surface area contributed by atoms with Crippen molar-refractivity contribution in [2.75, 3.05) is 0 Å². The van der Waals surface area contributed by atoms with Crippen molar-refractivity contribution in [3.8, 4) is 0 Å². The molecule has 2 rings (SSSR count). The number of hydrogen-bond acceptors (Lipinski definition) is 1. The highest BCUT2D eigenvalue weighted by atomic mass is 35.5. The van der Waals surface area contributed by atoms with Crippen molar-refractivity contribution < 1.29 is 0 Å². The summed E-state index contributed by atoms with van der Waals surface area (Å²) in [7, 11) is 0. The summed E-state index contributed by atoms with van der Waals surface area (Å²) in [5.41, 5.74) is 1.57. The summed E-state index contributed by atoms with van der Waals surface area (Å²) >= 11 is 11.6. The van der Waals surface area contributed by atoms with Gasteiger partial charge in [0.1, 0.15) is 11.8 Å². The lowest BCUT2D eigenvalue weighted by Gasteiger charge is -1.91. The van der Waals surface area contributed by atoms with E-state index in [2.05, 4.69) is 4.98 Å². The van der Waals surface area contributed by atoms with Gasteiger partial charge in [0, 0.05) is 11.8 Å². The Hall–Kier alpha value is -0.730. The number of para-hydroxylation sites is 1. The zero-order chi connectivity index (χ0) is 7.84. The minimum absolute atomic E-state index is 0.627. The maximum absolute atomic E-state index is 5.84. The van der Waals surface area contributed by atoms with E-state index in [9.17, 15) is 0 Å². The molecule has 0 saturated carbocycles. The molecule has 0 aliphatic carbocycles. The Bertz CT molecular complexity index is 394. The maximum atomic E-state index is 5.84. The molecule has 0 saturated heterocycles. The number of hydrogen-bond donors (Lipinski definition) is 0. The first kappa shape index (κ1) is 6.95. The van der Waals surface area contributed by atoms with Crippen molar-refractivity contribution in [3.05, 3.63) is 29.5 Å². The van der Waals surface area contributed by atoms with Crippen LogP contribution in [0.1, 0.15) is 0 Å². The van der Waals surface area contributed by atoms with Gasteiger partial charge in [-0.1, -0.05) is 17.7 Å². The van der Waals surface area contributed by atoms with Gasteiger partial charge in [-0.25, -0.2) is 9.07 Å². The van der Waals surface area contributed by atoms with Crippen molar-refractivity contribution in [2.24, 2.45) is 0 Å². The summed E-state index contributed by atoms with van der Waals surface area (Å²) in [6, 6.07) is 5.49. The zero-order valence-corrected chi connectivity index (χ0v) is 6.97. The minimum Gasteiger partial charge on any atom is -0.241 e. The Balaban J connectivity index is 2.94. The van der Waals surface area contributed by atoms with Gasteiger partial charge in [0.2, 0.25) is 0 Å². The number of halogens is 2. The molecule has 0 fully saturated rings. The van der Waals surface area contributed by atoms with E-state index in [0.717, 1.165) is 11.0 Å². The molecule has 0 aliphatic rings. The average Bonchev–Trinajstić information content (AvgIpc) is 2.35. The Morgan fingerprint density at radius 3 is 2.91 bits per heavy atom. The zero-order valence-electron chi connectivity index (χ0n) is 5.46. The largest absolute Gasteiger partial charge is 0.241 e. The Kier molecular flexibility index (Phi) is 1.51. The third kappa shape index (κ3) is 0.988. The molecule has 0 spiro atoms. The van der Waals surface area contributed by atoms with Crippen LogP contribution in [0.5, 0.6) is 0 Å². The van der Waals surface area contributed by atoms with E-state index in [1.165, 1.54) is 10.4 Å². The van der Waals surface area contributed by atoms with Gasteiger partial charge in [0.15, 0.2) is 0 Å². The summed E-state index contributed by atoms with van der Waals surface area (Å²) in [5, 5.41) is 0.627. The highest BCUT2D eigenvalue weighted by Gasteiger charge is 2.02. The lowest BCUT2D eigenvalue weighted by atomic mass is 10.3. The second kappa shape index (κ2) is 2.40. The van der Waals surface area contributed by atoms with Crippen LogP contribution in [-0.2, 0) is 0 Å². The molecule has 1 aromatic heterocycles. The second-order valence-electron chi connectivity index (χ2n) is 2.16. The average molecular weight is 187 g/mol. The topological polar surface area (TPSA) is 17.8 Å². The van der Waals surface area contributed by atoms with E-state index in [-0.39, 0.29) is 0 Å². The highest BCUT2D eigenvalue weighted by molar-refractivity contribution is 6.35. The smallest absolute Gasteiger partial charge is 0.111 e. The number of rotatable bonds is 0. The number of nitrogens with zero attached hydrogens (tertiary/aromatic N) is 2. The lowest BCUT2D eigenvalue weighted by Crippen LogP contribution is -1.74. The summed E-state index contributed by atoms with van der Waals surface area (Å²) in [6.45, 7) is 0. The summed E-state index contributed by atoms with van der Waals surface area (Å²) in [6.07, 6.45) is 1.53. The quantitative estimate of drug-likeness (QED) is 0.619. The number of benzene rings is 1. The second-order valence-corrected chi connectivity index (χ2v) is 2.93. The normalized spacial score (nSPS) is 10.7. The van der Waals surface area contributed by atoms with Crippen LogP contribution in [0.25, 0.3) is 11.0 Å². The SMILES string of the molecule is Clc1cccc2c1ncn2Cl. The molecular weight excluding hydrogens is 183 g/mol. The van der Waals surface area contributed by atoms with Crippen molar-refractivity contribution in [3.63, 3.8) is 0 Å². The molecule has 4 heteroatoms. The van der Waals surface area contributed by atoms with Crippen LogP contribution < -0.4 is 0 Å². The predicted octanol–water partition coefficient (Wildman–Crippen LogP) is 2.69. The van der Waals surface area contributed by atoms with E-state index in [1.54, 1.807) is 6.07 Å². The number of imidazole rings is 1. The molecule has 2 nitrogen and oxygen atoms in total. The first-order valence-corrected chi connectivity index (χ1v) is 3.78. The molecule has 0 bridgehead atoms. The van der Waals surface area contributed by atoms with Gasteiger partial charge in [0.05, 0.1) is 10.5 Å². The standard InChI is InChI=1S/C7H4Cl2N2/c8-5-2-1-3-6-7(5)10-4-11(6)9/h1-4H. The van der Waals surface area contributed by atoms with Gasteiger partial charge in [-0.15, -0.1) is 0 Å². The molecule has 1 heterocycles. The third-order valence-electron chi connectivity index (χ3n) is 1.48. The van der Waals surface area contributed by atoms with Gasteiger partial charge in [-0.3, -0.25) is 0 Å². The van der Waals surface area contributed by atoms with E-state index in [4.69, 9.17) is 23.4 Å². The molecule has 11 heavy (non-hydrogen) atoms. The van der Waals surface area contributed by atoms with Crippen LogP contribution in [0.3, 0.4) is 0 Å². The molecule has 0 atom stereocenters. The van der Waals surface area contributed by atoms with E-state index < -0.39 is 0 Å². The predicted molar refractivity (Wildman–Crippen MR) is 46.0 cm³/mol. The maximum Gasteiger partial charge on any atom is 0.111 e. The molecule has 0 amide bonds. The highest BCUT2D eigenvalue weighted by Crippen LogP contribution is 2.21. The molecule has 1 aromatic carbocycles. The van der Waals surface area contributed by atoms with Crippen LogP contribution in [0.15, 0.2) is 24.5 Å². The Labute approximate surface area is 73.5 Å². The van der Waals surface area contributed by atoms with Gasteiger partial charge in [0.25, 0.3) is 0 Å². The first-order valence-electron chi connectivity index (χ1n) is 3.07. The van der Waals surface area contributed by atoms with Gasteiger partial charge >= 0.3 is 0 Å². The van der Waals surface area contributed by atoms with Gasteiger partial charge < -0.3 is 0 Å². The summed E-state index contributed by atoms with van der Waals surface area (Å²) in [4.78, 5) is 4.02. The first-order chi connectivity index (χ1) is 5.29. The van der Waals surface area contributed by atoms with Crippen molar-refractivity contribution >= 4 is 34.4 Å². The molecule has 0 unspecified atom stereocenters. The van der Waals surface area contributed by atoms with E-state index in [1.807, 2.05) is 12.1 Å². The van der Waals surface area contributed by atoms with Crippen molar-refractivity contribution in [1.29, 1.82) is 0 Å². The fourth-order valence-electron chi connectivity index (χ4n) is 0.975. The number of fused-ring (bicyclic) bond motifs is 1. The molecular formula is C7H4Cl2N2. The molecule has 2 aromatic rings. The summed E-state index contributed by atoms with van der Waals surface area (Å²) < 4.78 is 1.42. The summed E-state index contributed by atoms with van der Waals surface area (Å²) in [5.74, 6) is 0. The molecule has 0 radical (unpaired) electrons. The third-order valence-corrected chi connectivity index (χ3v) is 2.06. The number of aromatic nitrogens is 2. The lowest BCUT2D eigenvalue weighted by molar-refractivity contribution is 1.25. The fraction of sp³-hybridized carbons (Fsp3) is 0. The minimum atomic E-state index is 0.627. The monoisotopic (exact) mass is 186 g/mol. The van der Waals surface area contributed by atoms with Crippen LogP contribution in [-0.4, -0.2) is 9.07 Å². The van der Waals surface area contributed by atoms with Crippen LogP contribution in [0, 0.1) is 0 Å². The van der Waals surface area contributed by atoms with Crippen molar-refractivity contribution in [2.45, 2.75) is 0 Å². The molecule has 0 N–H and O–H groups in total. The van der Waals surface area contributed by atoms with Crippen molar-refractivity contribution in [1.82, 2.24) is 9.07 Å². The van der Waals surface area contributed by atoms with Crippen LogP contribution >= 0.6 is 23.4 Å². The van der Waals surface area contributed by atoms with E-state index >= 15 is 0 Å². The van der Waals surface area contributed by atoms with E-state index in [0.29, 0.717) is 5.02 Å². The molecule has 0 aliphatic heterocycles. The van der Waals surface area contributed by atoms with Gasteiger partial charge in [-0.2, -0.15) is 0 Å². The molecule has 56 valence electrons. The fourth-order valence-corrected chi connectivity index (χ4v) is 1.37.